The fraction of sp³-hybridized carbons (Fsp3) is 0.316. The molecule has 1 fully saturated rings. The van der Waals surface area contributed by atoms with Gasteiger partial charge < -0.3 is 4.90 Å². The molecule has 1 unspecified atom stereocenters. The Morgan fingerprint density at radius 2 is 2.04 bits per heavy atom. The highest BCUT2D eigenvalue weighted by Gasteiger charge is 2.38. The molecular formula is C19H20N4O2S. The van der Waals surface area contributed by atoms with E-state index in [1.807, 2.05) is 52.7 Å². The number of amides is 2. The number of benzene rings is 1. The molecule has 2 heterocycles. The molecule has 7 heteroatoms. The van der Waals surface area contributed by atoms with Crippen molar-refractivity contribution in [3.63, 3.8) is 0 Å². The average molecular weight is 368 g/mol. The smallest absolute Gasteiger partial charge is 0.291 e. The fourth-order valence-electron chi connectivity index (χ4n) is 2.96. The van der Waals surface area contributed by atoms with Crippen molar-refractivity contribution in [2.75, 3.05) is 5.01 Å². The van der Waals surface area contributed by atoms with Gasteiger partial charge in [-0.15, -0.1) is 11.3 Å². The van der Waals surface area contributed by atoms with Crippen molar-refractivity contribution in [1.82, 2.24) is 10.3 Å². The third-order valence-corrected chi connectivity index (χ3v) is 5.35. The summed E-state index contributed by atoms with van der Waals surface area (Å²) in [4.78, 5) is 33.0. The zero-order valence-electron chi connectivity index (χ0n) is 14.5. The molecule has 1 aliphatic carbocycles. The first-order valence-corrected chi connectivity index (χ1v) is 9.58. The monoisotopic (exact) mass is 368 g/mol. The Morgan fingerprint density at radius 3 is 2.69 bits per heavy atom. The zero-order valence-corrected chi connectivity index (χ0v) is 15.3. The van der Waals surface area contributed by atoms with Gasteiger partial charge >= 0.3 is 0 Å². The quantitative estimate of drug-likeness (QED) is 0.882. The Labute approximate surface area is 156 Å². The topological polar surface area (TPSA) is 65.0 Å². The maximum absolute atomic E-state index is 13.1. The number of aliphatic imine (C=N–C) groups is 1. The normalized spacial score (nSPS) is 19.7. The summed E-state index contributed by atoms with van der Waals surface area (Å²) in [5.41, 5.74) is 3.63. The van der Waals surface area contributed by atoms with Gasteiger partial charge in [0.1, 0.15) is 6.04 Å². The first-order chi connectivity index (χ1) is 12.6. The van der Waals surface area contributed by atoms with Crippen molar-refractivity contribution >= 4 is 34.7 Å². The number of carbonyl (C=O) groups is 2. The number of hydrazine groups is 1. The summed E-state index contributed by atoms with van der Waals surface area (Å²) < 4.78 is 0. The van der Waals surface area contributed by atoms with Crippen molar-refractivity contribution in [1.29, 1.82) is 0 Å². The summed E-state index contributed by atoms with van der Waals surface area (Å²) >= 11 is 1.64. The lowest BCUT2D eigenvalue weighted by Crippen LogP contribution is -2.58. The highest BCUT2D eigenvalue weighted by molar-refractivity contribution is 7.09. The molecule has 0 bridgehead atoms. The van der Waals surface area contributed by atoms with Crippen LogP contribution in [0.4, 0.5) is 5.69 Å². The highest BCUT2D eigenvalue weighted by atomic mass is 32.1. The lowest BCUT2D eigenvalue weighted by atomic mass is 10.2. The second-order valence-corrected chi connectivity index (χ2v) is 7.55. The molecule has 1 aromatic heterocycles. The van der Waals surface area contributed by atoms with Crippen LogP contribution in [0.25, 0.3) is 0 Å². The van der Waals surface area contributed by atoms with E-state index in [0.29, 0.717) is 12.2 Å². The molecule has 1 aromatic carbocycles. The number of anilines is 1. The number of para-hydroxylation sites is 1. The minimum Gasteiger partial charge on any atom is -0.328 e. The second-order valence-electron chi connectivity index (χ2n) is 6.52. The maximum atomic E-state index is 13.1. The van der Waals surface area contributed by atoms with Crippen molar-refractivity contribution in [3.05, 3.63) is 52.7 Å². The lowest BCUT2D eigenvalue weighted by Gasteiger charge is -2.32. The second kappa shape index (κ2) is 6.92. The largest absolute Gasteiger partial charge is 0.328 e. The van der Waals surface area contributed by atoms with Gasteiger partial charge in [-0.1, -0.05) is 24.3 Å². The maximum Gasteiger partial charge on any atom is 0.291 e. The van der Waals surface area contributed by atoms with Gasteiger partial charge in [0, 0.05) is 10.9 Å². The van der Waals surface area contributed by atoms with E-state index in [9.17, 15) is 9.59 Å². The molecule has 134 valence electrons. The highest BCUT2D eigenvalue weighted by Crippen LogP contribution is 2.30. The minimum absolute atomic E-state index is 0.152. The van der Waals surface area contributed by atoms with Crippen LogP contribution >= 0.6 is 11.3 Å². The van der Waals surface area contributed by atoms with E-state index in [1.54, 1.807) is 18.3 Å². The number of nitrogens with one attached hydrogen (secondary N) is 1. The summed E-state index contributed by atoms with van der Waals surface area (Å²) in [5.74, 6) is -0.102. The Hall–Kier alpha value is -2.67. The molecule has 6 nitrogen and oxygen atoms in total. The van der Waals surface area contributed by atoms with Crippen LogP contribution in [0.2, 0.25) is 0 Å². The molecule has 1 aliphatic heterocycles. The summed E-state index contributed by atoms with van der Waals surface area (Å²) in [6, 6.07) is 12.9. The number of amidine groups is 1. The van der Waals surface area contributed by atoms with Gasteiger partial charge in [-0.3, -0.25) is 15.0 Å². The number of carbonyl (C=O) groups excluding carboxylic acids is 2. The van der Waals surface area contributed by atoms with Crippen LogP contribution < -0.4 is 10.4 Å². The van der Waals surface area contributed by atoms with Gasteiger partial charge in [0.2, 0.25) is 5.84 Å². The van der Waals surface area contributed by atoms with E-state index in [4.69, 9.17) is 0 Å². The van der Waals surface area contributed by atoms with Crippen molar-refractivity contribution in [3.8, 4) is 0 Å². The molecule has 0 radical (unpaired) electrons. The summed E-state index contributed by atoms with van der Waals surface area (Å²) in [6.07, 6.45) is 2.03. The minimum atomic E-state index is -0.599. The number of nitrogens with zero attached hydrogens (tertiary/aromatic N) is 3. The van der Waals surface area contributed by atoms with Crippen molar-refractivity contribution < 1.29 is 9.59 Å². The Balaban J connectivity index is 1.58. The van der Waals surface area contributed by atoms with E-state index in [2.05, 4.69) is 10.4 Å². The standard InChI is InChI=1S/C19H20N4O2S/c1-13-18(24)23(15-6-3-2-4-7-15)21-17(20-13)19(25)22(14-9-10-14)12-16-8-5-11-26-16/h2-8,11,13-14H,9-10,12H2,1H3,(H,20,21). The zero-order chi connectivity index (χ0) is 18.1. The van der Waals surface area contributed by atoms with E-state index < -0.39 is 6.04 Å². The van der Waals surface area contributed by atoms with E-state index in [1.165, 1.54) is 5.01 Å². The summed E-state index contributed by atoms with van der Waals surface area (Å²) in [6.45, 7) is 2.29. The lowest BCUT2D eigenvalue weighted by molar-refractivity contribution is -0.125. The van der Waals surface area contributed by atoms with E-state index >= 15 is 0 Å². The predicted octanol–water partition coefficient (Wildman–Crippen LogP) is 2.58. The van der Waals surface area contributed by atoms with E-state index in [0.717, 1.165) is 17.7 Å². The van der Waals surface area contributed by atoms with Crippen molar-refractivity contribution in [2.24, 2.45) is 4.99 Å². The molecule has 0 saturated heterocycles. The fourth-order valence-corrected chi connectivity index (χ4v) is 3.66. The number of rotatable bonds is 5. The van der Waals surface area contributed by atoms with Gasteiger partial charge in [-0.2, -0.15) is 0 Å². The van der Waals surface area contributed by atoms with Crippen LogP contribution in [0.1, 0.15) is 24.6 Å². The Bertz CT molecular complexity index is 830. The molecule has 0 spiro atoms. The number of thiophene rings is 1. The Kier molecular flexibility index (Phi) is 4.46. The summed E-state index contributed by atoms with van der Waals surface area (Å²) in [7, 11) is 0. The third kappa shape index (κ3) is 3.35. The molecule has 26 heavy (non-hydrogen) atoms. The van der Waals surface area contributed by atoms with Crippen LogP contribution in [0.15, 0.2) is 52.8 Å². The third-order valence-electron chi connectivity index (χ3n) is 4.49. The molecule has 2 aromatic rings. The SMILES string of the molecule is CC1N=C(C(=O)N(Cc2cccs2)C2CC2)NN(c2ccccc2)C1=O. The summed E-state index contributed by atoms with van der Waals surface area (Å²) in [5, 5.41) is 3.43. The van der Waals surface area contributed by atoms with Crippen LogP contribution in [0.3, 0.4) is 0 Å². The average Bonchev–Trinajstić information content (AvgIpc) is 3.37. The van der Waals surface area contributed by atoms with Crippen LogP contribution in [0.5, 0.6) is 0 Å². The Morgan fingerprint density at radius 1 is 1.27 bits per heavy atom. The first-order valence-electron chi connectivity index (χ1n) is 8.70. The molecule has 4 rings (SSSR count). The van der Waals surface area contributed by atoms with Crippen LogP contribution in [-0.2, 0) is 16.1 Å². The van der Waals surface area contributed by atoms with Crippen molar-refractivity contribution in [2.45, 2.75) is 38.4 Å². The molecular weight excluding hydrogens is 348 g/mol. The first kappa shape index (κ1) is 16.8. The molecule has 2 amide bonds. The van der Waals surface area contributed by atoms with Gasteiger partial charge in [0.05, 0.1) is 12.2 Å². The van der Waals surface area contributed by atoms with Crippen LogP contribution in [-0.4, -0.2) is 34.6 Å². The van der Waals surface area contributed by atoms with Gasteiger partial charge in [0.25, 0.3) is 11.8 Å². The predicted molar refractivity (Wildman–Crippen MR) is 102 cm³/mol. The van der Waals surface area contributed by atoms with Gasteiger partial charge in [-0.25, -0.2) is 10.0 Å². The van der Waals surface area contributed by atoms with Gasteiger partial charge in [0.15, 0.2) is 0 Å². The van der Waals surface area contributed by atoms with Crippen LogP contribution in [0, 0.1) is 0 Å². The van der Waals surface area contributed by atoms with E-state index in [-0.39, 0.29) is 23.7 Å². The molecule has 2 aliphatic rings. The number of hydrogen-bond donors (Lipinski definition) is 1. The molecule has 1 atom stereocenters. The van der Waals surface area contributed by atoms with Gasteiger partial charge in [-0.05, 0) is 43.3 Å². The molecule has 1 saturated carbocycles. The molecule has 1 N–H and O–H groups in total. The number of hydrogen-bond acceptors (Lipinski definition) is 5.